The number of rotatable bonds is 6. The second kappa shape index (κ2) is 6.22. The van der Waals surface area contributed by atoms with E-state index in [4.69, 9.17) is 16.7 Å². The molecule has 0 amide bonds. The summed E-state index contributed by atoms with van der Waals surface area (Å²) in [7, 11) is -3.57. The van der Waals surface area contributed by atoms with E-state index < -0.39 is 10.0 Å². The Hall–Kier alpha value is -0.620. The second-order valence-electron chi connectivity index (χ2n) is 5.25. The number of aliphatic hydroxyl groups is 1. The maximum Gasteiger partial charge on any atom is 0.240 e. The van der Waals surface area contributed by atoms with Crippen LogP contribution in [0.2, 0.25) is 5.02 Å². The number of benzene rings is 1. The van der Waals surface area contributed by atoms with Gasteiger partial charge in [0.25, 0.3) is 0 Å². The van der Waals surface area contributed by atoms with Gasteiger partial charge in [0.05, 0.1) is 11.5 Å². The summed E-state index contributed by atoms with van der Waals surface area (Å²) in [5.74, 6) is 0. The van der Waals surface area contributed by atoms with Gasteiger partial charge in [-0.3, -0.25) is 0 Å². The van der Waals surface area contributed by atoms with Gasteiger partial charge < -0.3 is 5.11 Å². The Labute approximate surface area is 119 Å². The van der Waals surface area contributed by atoms with Crippen molar-refractivity contribution in [3.63, 3.8) is 0 Å². The lowest BCUT2D eigenvalue weighted by Gasteiger charge is -2.22. The molecule has 0 saturated carbocycles. The van der Waals surface area contributed by atoms with Crippen molar-refractivity contribution in [3.8, 4) is 0 Å². The summed E-state index contributed by atoms with van der Waals surface area (Å²) in [6.45, 7) is 6.08. The van der Waals surface area contributed by atoms with E-state index in [1.165, 1.54) is 18.2 Å². The van der Waals surface area contributed by atoms with Crippen molar-refractivity contribution in [1.82, 2.24) is 4.72 Å². The monoisotopic (exact) mass is 305 g/mol. The Morgan fingerprint density at radius 3 is 2.53 bits per heavy atom. The van der Waals surface area contributed by atoms with Gasteiger partial charge in [0.2, 0.25) is 10.0 Å². The third kappa shape index (κ3) is 4.45. The van der Waals surface area contributed by atoms with Gasteiger partial charge in [0.1, 0.15) is 0 Å². The smallest absolute Gasteiger partial charge is 0.240 e. The summed E-state index contributed by atoms with van der Waals surface area (Å²) in [6.07, 6.45) is 0.873. The molecule has 4 nitrogen and oxygen atoms in total. The van der Waals surface area contributed by atoms with Crippen LogP contribution in [0.15, 0.2) is 23.1 Å². The molecule has 19 heavy (non-hydrogen) atoms. The quantitative estimate of drug-likeness (QED) is 0.849. The maximum absolute atomic E-state index is 12.1. The van der Waals surface area contributed by atoms with Gasteiger partial charge in [-0.15, -0.1) is 0 Å². The molecule has 6 heteroatoms. The zero-order chi connectivity index (χ0) is 14.7. The fourth-order valence-corrected chi connectivity index (χ4v) is 2.81. The second-order valence-corrected chi connectivity index (χ2v) is 7.43. The highest BCUT2D eigenvalue weighted by Gasteiger charge is 2.21. The lowest BCUT2D eigenvalue weighted by Crippen LogP contribution is -2.33. The number of aliphatic hydroxyl groups excluding tert-OH is 1. The van der Waals surface area contributed by atoms with Crippen LogP contribution >= 0.6 is 11.6 Å². The van der Waals surface area contributed by atoms with Crippen LogP contribution < -0.4 is 4.72 Å². The van der Waals surface area contributed by atoms with Crippen molar-refractivity contribution in [3.05, 3.63) is 28.8 Å². The number of halogens is 1. The molecule has 0 aromatic heterocycles. The van der Waals surface area contributed by atoms with Crippen molar-refractivity contribution >= 4 is 21.6 Å². The summed E-state index contributed by atoms with van der Waals surface area (Å²) in [5.41, 5.74) is 0.304. The molecular weight excluding hydrogens is 286 g/mol. The van der Waals surface area contributed by atoms with Crippen molar-refractivity contribution < 1.29 is 13.5 Å². The molecule has 0 fully saturated rings. The van der Waals surface area contributed by atoms with Crippen molar-refractivity contribution in [2.45, 2.75) is 38.7 Å². The molecule has 108 valence electrons. The zero-order valence-electron chi connectivity index (χ0n) is 11.4. The van der Waals surface area contributed by atoms with Crippen molar-refractivity contribution in [2.75, 3.05) is 6.54 Å². The van der Waals surface area contributed by atoms with E-state index in [0.717, 1.165) is 6.42 Å². The topological polar surface area (TPSA) is 66.4 Å². The first-order valence-corrected chi connectivity index (χ1v) is 7.97. The van der Waals surface area contributed by atoms with Crippen LogP contribution in [0.1, 0.15) is 32.8 Å². The Kier molecular flexibility index (Phi) is 5.38. The van der Waals surface area contributed by atoms with Crippen LogP contribution in [0, 0.1) is 5.41 Å². The molecule has 0 radical (unpaired) electrons. The zero-order valence-corrected chi connectivity index (χ0v) is 13.0. The van der Waals surface area contributed by atoms with E-state index in [1.54, 1.807) is 0 Å². The van der Waals surface area contributed by atoms with Crippen LogP contribution in [-0.2, 0) is 16.6 Å². The maximum atomic E-state index is 12.1. The van der Waals surface area contributed by atoms with Crippen molar-refractivity contribution in [1.29, 1.82) is 0 Å². The highest BCUT2D eigenvalue weighted by Crippen LogP contribution is 2.22. The molecule has 0 aliphatic rings. The molecule has 0 saturated heterocycles. The Morgan fingerprint density at radius 2 is 2.00 bits per heavy atom. The van der Waals surface area contributed by atoms with E-state index in [2.05, 4.69) is 4.72 Å². The Bertz CT molecular complexity index is 541. The first-order valence-electron chi connectivity index (χ1n) is 6.11. The average Bonchev–Trinajstić information content (AvgIpc) is 2.37. The number of nitrogens with one attached hydrogen (secondary N) is 1. The van der Waals surface area contributed by atoms with Gasteiger partial charge >= 0.3 is 0 Å². The molecule has 0 aliphatic carbocycles. The molecule has 0 aliphatic heterocycles. The summed E-state index contributed by atoms with van der Waals surface area (Å²) in [5, 5.41) is 9.46. The highest BCUT2D eigenvalue weighted by atomic mass is 35.5. The van der Waals surface area contributed by atoms with Gasteiger partial charge in [0, 0.05) is 11.6 Å². The van der Waals surface area contributed by atoms with Gasteiger partial charge in [-0.25, -0.2) is 13.1 Å². The van der Waals surface area contributed by atoms with E-state index in [9.17, 15) is 8.42 Å². The summed E-state index contributed by atoms with van der Waals surface area (Å²) in [6, 6.07) is 4.30. The molecular formula is C13H20ClNO3S. The normalized spacial score (nSPS) is 12.7. The van der Waals surface area contributed by atoms with Crippen LogP contribution in [0.25, 0.3) is 0 Å². The minimum absolute atomic E-state index is 0.0979. The van der Waals surface area contributed by atoms with E-state index in [1.807, 2.05) is 20.8 Å². The fourth-order valence-electron chi connectivity index (χ4n) is 1.34. The molecule has 0 atom stereocenters. The summed E-state index contributed by atoms with van der Waals surface area (Å²) >= 11 is 5.84. The molecule has 2 N–H and O–H groups in total. The first-order chi connectivity index (χ1) is 8.72. The number of sulfonamides is 1. The molecule has 1 aromatic carbocycles. The van der Waals surface area contributed by atoms with E-state index >= 15 is 0 Å². The SMILES string of the molecule is CCC(C)(C)CNS(=O)(=O)c1ccc(Cl)c(CO)c1. The van der Waals surface area contributed by atoms with Gasteiger partial charge in [-0.2, -0.15) is 0 Å². The standard InChI is InChI=1S/C13H20ClNO3S/c1-4-13(2,3)9-15-19(17,18)11-5-6-12(14)10(7-11)8-16/h5-7,15-16H,4,8-9H2,1-3H3. The lowest BCUT2D eigenvalue weighted by molar-refractivity contribution is 0.281. The minimum Gasteiger partial charge on any atom is -0.392 e. The Morgan fingerprint density at radius 1 is 1.37 bits per heavy atom. The summed E-state index contributed by atoms with van der Waals surface area (Å²) < 4.78 is 26.9. The Balaban J connectivity index is 2.95. The molecule has 0 spiro atoms. The highest BCUT2D eigenvalue weighted by molar-refractivity contribution is 7.89. The lowest BCUT2D eigenvalue weighted by atomic mass is 9.91. The predicted octanol–water partition coefficient (Wildman–Crippen LogP) is 2.55. The van der Waals surface area contributed by atoms with Gasteiger partial charge in [0.15, 0.2) is 0 Å². The minimum atomic E-state index is -3.57. The van der Waals surface area contributed by atoms with Gasteiger partial charge in [-0.1, -0.05) is 32.4 Å². The average molecular weight is 306 g/mol. The molecule has 1 aromatic rings. The predicted molar refractivity (Wildman–Crippen MR) is 76.6 cm³/mol. The third-order valence-corrected chi connectivity index (χ3v) is 4.96. The fraction of sp³-hybridized carbons (Fsp3) is 0.538. The number of hydrogen-bond acceptors (Lipinski definition) is 3. The summed E-state index contributed by atoms with van der Waals surface area (Å²) in [4.78, 5) is 0.118. The van der Waals surface area contributed by atoms with Crippen LogP contribution in [0.3, 0.4) is 0 Å². The van der Waals surface area contributed by atoms with E-state index in [0.29, 0.717) is 17.1 Å². The van der Waals surface area contributed by atoms with Gasteiger partial charge in [-0.05, 0) is 35.6 Å². The van der Waals surface area contributed by atoms with Crippen molar-refractivity contribution in [2.24, 2.45) is 5.41 Å². The molecule has 0 unspecified atom stereocenters. The molecule has 1 rings (SSSR count). The van der Waals surface area contributed by atoms with Crippen LogP contribution in [0.5, 0.6) is 0 Å². The van der Waals surface area contributed by atoms with Crippen LogP contribution in [0.4, 0.5) is 0 Å². The largest absolute Gasteiger partial charge is 0.392 e. The first kappa shape index (κ1) is 16.4. The number of hydrogen-bond donors (Lipinski definition) is 2. The molecule has 0 bridgehead atoms. The third-order valence-electron chi connectivity index (χ3n) is 3.20. The van der Waals surface area contributed by atoms with Crippen LogP contribution in [-0.4, -0.2) is 20.1 Å². The van der Waals surface area contributed by atoms with E-state index in [-0.39, 0.29) is 16.9 Å². The molecule has 0 heterocycles.